The zero-order valence-electron chi connectivity index (χ0n) is 19.3. The number of hydrogen-bond acceptors (Lipinski definition) is 5. The van der Waals surface area contributed by atoms with Crippen LogP contribution in [0.2, 0.25) is 5.02 Å². The summed E-state index contributed by atoms with van der Waals surface area (Å²) >= 11 is 6.16. The number of amides is 1. The Morgan fingerprint density at radius 3 is 2.62 bits per heavy atom. The van der Waals surface area contributed by atoms with Crippen LogP contribution >= 0.6 is 11.6 Å². The van der Waals surface area contributed by atoms with Crippen LogP contribution in [0.15, 0.2) is 30.5 Å². The van der Waals surface area contributed by atoms with Crippen molar-refractivity contribution in [1.29, 1.82) is 5.26 Å². The first-order valence-electron chi connectivity index (χ1n) is 10.9. The van der Waals surface area contributed by atoms with E-state index in [-0.39, 0.29) is 28.9 Å². The summed E-state index contributed by atoms with van der Waals surface area (Å²) in [7, 11) is 0. The Kier molecular flexibility index (Phi) is 7.16. The van der Waals surface area contributed by atoms with Crippen molar-refractivity contribution in [2.24, 2.45) is 10.8 Å². The van der Waals surface area contributed by atoms with Gasteiger partial charge >= 0.3 is 0 Å². The predicted octanol–water partition coefficient (Wildman–Crippen LogP) is 4.45. The molecule has 1 amide bonds. The van der Waals surface area contributed by atoms with E-state index in [0.717, 1.165) is 6.42 Å². The highest BCUT2D eigenvalue weighted by atomic mass is 35.5. The molecule has 8 heteroatoms. The Labute approximate surface area is 194 Å². The van der Waals surface area contributed by atoms with Gasteiger partial charge < -0.3 is 14.8 Å². The predicted molar refractivity (Wildman–Crippen MR) is 123 cm³/mol. The van der Waals surface area contributed by atoms with Crippen molar-refractivity contribution in [3.05, 3.63) is 46.7 Å². The lowest BCUT2D eigenvalue weighted by atomic mass is 9.49. The lowest BCUT2D eigenvalue weighted by Gasteiger charge is -2.63. The van der Waals surface area contributed by atoms with Crippen LogP contribution in [0.1, 0.15) is 57.1 Å². The van der Waals surface area contributed by atoms with Gasteiger partial charge in [0.05, 0.1) is 10.6 Å². The lowest BCUT2D eigenvalue weighted by Crippen LogP contribution is -2.74. The second-order valence-corrected chi connectivity index (χ2v) is 9.72. The molecule has 1 fully saturated rings. The van der Waals surface area contributed by atoms with E-state index >= 15 is 0 Å². The average molecular weight is 459 g/mol. The van der Waals surface area contributed by atoms with Gasteiger partial charge in [0.25, 0.3) is 5.91 Å². The summed E-state index contributed by atoms with van der Waals surface area (Å²) in [6, 6.07) is 8.75. The fourth-order valence-electron chi connectivity index (χ4n) is 4.88. The molecular weight excluding hydrogens is 428 g/mol. The van der Waals surface area contributed by atoms with Crippen molar-refractivity contribution in [3.8, 4) is 11.8 Å². The first-order valence-corrected chi connectivity index (χ1v) is 11.3. The van der Waals surface area contributed by atoms with Gasteiger partial charge in [0.1, 0.15) is 23.6 Å². The molecule has 0 unspecified atom stereocenters. The highest BCUT2D eigenvalue weighted by Gasteiger charge is 2.64. The van der Waals surface area contributed by atoms with Gasteiger partial charge in [-0.3, -0.25) is 9.48 Å². The normalized spacial score (nSPS) is 20.8. The van der Waals surface area contributed by atoms with E-state index in [2.05, 4.69) is 44.2 Å². The van der Waals surface area contributed by atoms with Crippen LogP contribution in [0.25, 0.3) is 0 Å². The summed E-state index contributed by atoms with van der Waals surface area (Å²) in [4.78, 5) is 12.9. The Bertz CT molecular complexity index is 993. The molecule has 1 saturated carbocycles. The Balaban J connectivity index is 1.64. The maximum absolute atomic E-state index is 12.9. The molecule has 1 aliphatic carbocycles. The van der Waals surface area contributed by atoms with Gasteiger partial charge in [-0.2, -0.15) is 10.4 Å². The van der Waals surface area contributed by atoms with Crippen LogP contribution < -0.4 is 10.1 Å². The summed E-state index contributed by atoms with van der Waals surface area (Å²) in [5, 5.41) is 17.0. The monoisotopic (exact) mass is 458 g/mol. The van der Waals surface area contributed by atoms with Crippen molar-refractivity contribution in [2.45, 2.75) is 59.7 Å². The van der Waals surface area contributed by atoms with Crippen LogP contribution in [0.3, 0.4) is 0 Å². The van der Waals surface area contributed by atoms with E-state index in [1.54, 1.807) is 28.9 Å². The van der Waals surface area contributed by atoms with Crippen molar-refractivity contribution < 1.29 is 14.3 Å². The van der Waals surface area contributed by atoms with E-state index in [1.807, 2.05) is 13.1 Å². The van der Waals surface area contributed by atoms with E-state index in [0.29, 0.717) is 41.8 Å². The van der Waals surface area contributed by atoms with Gasteiger partial charge in [0.2, 0.25) is 0 Å². The summed E-state index contributed by atoms with van der Waals surface area (Å²) in [5.41, 5.74) is 0.170. The van der Waals surface area contributed by atoms with Gasteiger partial charge in [-0.05, 0) is 31.5 Å². The van der Waals surface area contributed by atoms with Gasteiger partial charge in [-0.25, -0.2) is 0 Å². The Morgan fingerprint density at radius 2 is 2.00 bits per heavy atom. The maximum atomic E-state index is 12.9. The number of carbonyl (C=O) groups is 1. The largest absolute Gasteiger partial charge is 0.489 e. The number of hydrogen-bond donors (Lipinski definition) is 1. The quantitative estimate of drug-likeness (QED) is 0.561. The number of nitrogens with zero attached hydrogens (tertiary/aromatic N) is 3. The second kappa shape index (κ2) is 9.51. The van der Waals surface area contributed by atoms with Crippen LogP contribution in [0.4, 0.5) is 0 Å². The molecule has 0 atom stereocenters. The van der Waals surface area contributed by atoms with E-state index in [1.165, 1.54) is 0 Å². The van der Waals surface area contributed by atoms with E-state index in [4.69, 9.17) is 26.3 Å². The molecule has 1 aromatic carbocycles. The minimum absolute atomic E-state index is 0.107. The minimum atomic E-state index is -0.320. The third kappa shape index (κ3) is 4.77. The molecule has 1 aliphatic rings. The van der Waals surface area contributed by atoms with Gasteiger partial charge in [-0.15, -0.1) is 0 Å². The number of halogens is 1. The van der Waals surface area contributed by atoms with Crippen molar-refractivity contribution in [3.63, 3.8) is 0 Å². The molecule has 0 saturated heterocycles. The Morgan fingerprint density at radius 1 is 1.28 bits per heavy atom. The number of benzene rings is 1. The fourth-order valence-corrected chi connectivity index (χ4v) is 5.09. The van der Waals surface area contributed by atoms with E-state index in [9.17, 15) is 4.79 Å². The number of nitriles is 1. The molecule has 1 heterocycles. The zero-order valence-corrected chi connectivity index (χ0v) is 20.1. The number of ether oxygens (including phenoxy) is 2. The first kappa shape index (κ1) is 24.1. The molecule has 0 aliphatic heterocycles. The van der Waals surface area contributed by atoms with Crippen molar-refractivity contribution in [2.75, 3.05) is 13.2 Å². The molecule has 2 aromatic rings. The molecular formula is C24H31ClN4O3. The topological polar surface area (TPSA) is 89.2 Å². The van der Waals surface area contributed by atoms with Crippen LogP contribution in [0.5, 0.6) is 5.75 Å². The molecule has 32 heavy (non-hydrogen) atoms. The minimum Gasteiger partial charge on any atom is -0.489 e. The van der Waals surface area contributed by atoms with Gasteiger partial charge in [0.15, 0.2) is 0 Å². The molecule has 3 rings (SSSR count). The summed E-state index contributed by atoms with van der Waals surface area (Å²) in [5.74, 6) is 0.412. The zero-order chi connectivity index (χ0) is 23.5. The SMILES string of the molecule is CCOCCCn1ccc(C(=O)NC2C(C)(C)C(Oc3ccc(C#N)c(Cl)c3)C2(C)C)n1. The van der Waals surface area contributed by atoms with Crippen LogP contribution in [-0.4, -0.2) is 41.0 Å². The number of nitrogens with one attached hydrogen (secondary N) is 1. The maximum Gasteiger partial charge on any atom is 0.272 e. The number of carbonyl (C=O) groups excluding carboxylic acids is 1. The highest BCUT2D eigenvalue weighted by molar-refractivity contribution is 6.31. The summed E-state index contributed by atoms with van der Waals surface area (Å²) < 4.78 is 13.4. The van der Waals surface area contributed by atoms with Crippen LogP contribution in [0, 0.1) is 22.2 Å². The molecule has 1 aromatic heterocycles. The van der Waals surface area contributed by atoms with Gasteiger partial charge in [0, 0.05) is 48.9 Å². The van der Waals surface area contributed by atoms with Crippen molar-refractivity contribution in [1.82, 2.24) is 15.1 Å². The third-order valence-electron chi connectivity index (χ3n) is 6.18. The molecule has 1 N–H and O–H groups in total. The highest BCUT2D eigenvalue weighted by Crippen LogP contribution is 2.55. The number of aromatic nitrogens is 2. The van der Waals surface area contributed by atoms with E-state index < -0.39 is 0 Å². The second-order valence-electron chi connectivity index (χ2n) is 9.32. The standard InChI is InChI=1S/C24H31ClN4O3/c1-6-31-13-7-11-29-12-10-19(28-29)20(30)27-21-23(2,3)22(24(21,4)5)32-17-9-8-16(15-26)18(25)14-17/h8-10,12,14,21-22H,6-7,11,13H2,1-5H3,(H,27,30). The summed E-state index contributed by atoms with van der Waals surface area (Å²) in [6.45, 7) is 12.3. The molecule has 172 valence electrons. The summed E-state index contributed by atoms with van der Waals surface area (Å²) in [6.07, 6.45) is 2.51. The fraction of sp³-hybridized carbons (Fsp3) is 0.542. The molecule has 0 spiro atoms. The smallest absolute Gasteiger partial charge is 0.272 e. The molecule has 0 radical (unpaired) electrons. The van der Waals surface area contributed by atoms with Crippen LogP contribution in [-0.2, 0) is 11.3 Å². The number of aryl methyl sites for hydroxylation is 1. The Hall–Kier alpha value is -2.56. The van der Waals surface area contributed by atoms with Gasteiger partial charge in [-0.1, -0.05) is 39.3 Å². The first-order chi connectivity index (χ1) is 15.1. The molecule has 0 bridgehead atoms. The molecule has 7 nitrogen and oxygen atoms in total. The number of rotatable bonds is 9. The van der Waals surface area contributed by atoms with Crippen molar-refractivity contribution >= 4 is 17.5 Å². The lowest BCUT2D eigenvalue weighted by molar-refractivity contribution is -0.164. The third-order valence-corrected chi connectivity index (χ3v) is 6.50. The average Bonchev–Trinajstić information content (AvgIpc) is 3.22.